The summed E-state index contributed by atoms with van der Waals surface area (Å²) in [5.74, 6) is 0.587. The highest BCUT2D eigenvalue weighted by Crippen LogP contribution is 2.58. The first-order valence-corrected chi connectivity index (χ1v) is 4.42. The van der Waals surface area contributed by atoms with Gasteiger partial charge in [-0.3, -0.25) is 0 Å². The third-order valence-corrected chi connectivity index (χ3v) is 2.91. The Hall–Kier alpha value is -0.820. The monoisotopic (exact) mass is 162 g/mol. The maximum absolute atomic E-state index is 9.10. The molecule has 2 atom stereocenters. The second-order valence-corrected chi connectivity index (χ2v) is 3.98. The van der Waals surface area contributed by atoms with Crippen LogP contribution in [0.4, 0.5) is 0 Å². The van der Waals surface area contributed by atoms with E-state index in [0.29, 0.717) is 12.5 Å². The molecule has 0 heterocycles. The SMILES string of the molecule is CC1(CO)CC1c1ccccc1. The molecule has 1 heteroatoms. The van der Waals surface area contributed by atoms with Crippen molar-refractivity contribution < 1.29 is 5.11 Å². The van der Waals surface area contributed by atoms with Crippen LogP contribution in [0.1, 0.15) is 24.8 Å². The number of aliphatic hydroxyl groups is 1. The van der Waals surface area contributed by atoms with Crippen LogP contribution in [0, 0.1) is 5.41 Å². The average molecular weight is 162 g/mol. The van der Waals surface area contributed by atoms with Gasteiger partial charge in [-0.25, -0.2) is 0 Å². The standard InChI is InChI=1S/C11H14O/c1-11(8-12)7-10(11)9-5-3-2-4-6-9/h2-6,10,12H,7-8H2,1H3. The lowest BCUT2D eigenvalue weighted by Gasteiger charge is -2.05. The van der Waals surface area contributed by atoms with Crippen molar-refractivity contribution in [3.8, 4) is 0 Å². The highest BCUT2D eigenvalue weighted by molar-refractivity contribution is 5.28. The van der Waals surface area contributed by atoms with E-state index in [-0.39, 0.29) is 5.41 Å². The lowest BCUT2D eigenvalue weighted by molar-refractivity contribution is 0.220. The molecule has 0 spiro atoms. The van der Waals surface area contributed by atoms with E-state index in [0.717, 1.165) is 6.42 Å². The highest BCUT2D eigenvalue weighted by atomic mass is 16.3. The number of benzene rings is 1. The largest absolute Gasteiger partial charge is 0.396 e. The molecular weight excluding hydrogens is 148 g/mol. The van der Waals surface area contributed by atoms with Crippen molar-refractivity contribution in [2.45, 2.75) is 19.3 Å². The molecule has 1 aromatic rings. The fraction of sp³-hybridized carbons (Fsp3) is 0.455. The van der Waals surface area contributed by atoms with Crippen molar-refractivity contribution in [2.75, 3.05) is 6.61 Å². The Kier molecular flexibility index (Phi) is 1.69. The zero-order valence-electron chi connectivity index (χ0n) is 7.33. The van der Waals surface area contributed by atoms with Crippen molar-refractivity contribution in [1.29, 1.82) is 0 Å². The predicted octanol–water partition coefficient (Wildman–Crippen LogP) is 2.17. The normalized spacial score (nSPS) is 33.3. The Labute approximate surface area is 73.0 Å². The molecule has 1 aliphatic rings. The Morgan fingerprint density at radius 1 is 1.42 bits per heavy atom. The molecule has 2 rings (SSSR count). The number of hydrogen-bond donors (Lipinski definition) is 1. The minimum absolute atomic E-state index is 0.168. The van der Waals surface area contributed by atoms with Crippen LogP contribution in [0.25, 0.3) is 0 Å². The molecule has 1 nitrogen and oxygen atoms in total. The molecule has 0 aromatic heterocycles. The molecule has 0 radical (unpaired) electrons. The molecule has 2 unspecified atom stereocenters. The second kappa shape index (κ2) is 2.60. The van der Waals surface area contributed by atoms with Gasteiger partial charge < -0.3 is 5.11 Å². The summed E-state index contributed by atoms with van der Waals surface area (Å²) < 4.78 is 0. The molecule has 1 fully saturated rings. The first kappa shape index (κ1) is 7.81. The second-order valence-electron chi connectivity index (χ2n) is 3.98. The topological polar surface area (TPSA) is 20.2 Å². The molecule has 1 saturated carbocycles. The summed E-state index contributed by atoms with van der Waals surface area (Å²) >= 11 is 0. The quantitative estimate of drug-likeness (QED) is 0.706. The third kappa shape index (κ3) is 1.14. The van der Waals surface area contributed by atoms with Gasteiger partial charge in [-0.2, -0.15) is 0 Å². The first-order valence-electron chi connectivity index (χ1n) is 4.42. The fourth-order valence-electron chi connectivity index (χ4n) is 1.79. The Morgan fingerprint density at radius 2 is 2.08 bits per heavy atom. The van der Waals surface area contributed by atoms with Gasteiger partial charge in [-0.1, -0.05) is 37.3 Å². The number of aliphatic hydroxyl groups excluding tert-OH is 1. The van der Waals surface area contributed by atoms with E-state index >= 15 is 0 Å². The molecule has 0 aliphatic heterocycles. The zero-order chi connectivity index (χ0) is 8.60. The summed E-state index contributed by atoms with van der Waals surface area (Å²) in [5.41, 5.74) is 1.54. The van der Waals surface area contributed by atoms with Crippen LogP contribution in [0.15, 0.2) is 30.3 Å². The van der Waals surface area contributed by atoms with Crippen molar-refractivity contribution in [3.63, 3.8) is 0 Å². The molecule has 1 aliphatic carbocycles. The summed E-state index contributed by atoms with van der Waals surface area (Å²) in [5, 5.41) is 9.10. The molecule has 1 aromatic carbocycles. The van der Waals surface area contributed by atoms with Gasteiger partial charge in [-0.15, -0.1) is 0 Å². The van der Waals surface area contributed by atoms with Gasteiger partial charge in [0, 0.05) is 6.61 Å². The van der Waals surface area contributed by atoms with E-state index in [9.17, 15) is 0 Å². The van der Waals surface area contributed by atoms with E-state index in [1.165, 1.54) is 5.56 Å². The van der Waals surface area contributed by atoms with Crippen LogP contribution in [0.2, 0.25) is 0 Å². The molecule has 0 saturated heterocycles. The highest BCUT2D eigenvalue weighted by Gasteiger charge is 2.49. The smallest absolute Gasteiger partial charge is 0.0490 e. The van der Waals surface area contributed by atoms with Gasteiger partial charge in [0.15, 0.2) is 0 Å². The van der Waals surface area contributed by atoms with Gasteiger partial charge in [0.1, 0.15) is 0 Å². The Morgan fingerprint density at radius 3 is 2.58 bits per heavy atom. The molecule has 1 N–H and O–H groups in total. The molecule has 0 amide bonds. The van der Waals surface area contributed by atoms with Crippen molar-refractivity contribution in [3.05, 3.63) is 35.9 Å². The summed E-state index contributed by atoms with van der Waals surface area (Å²) in [6, 6.07) is 10.4. The lowest BCUT2D eigenvalue weighted by atomic mass is 10.0. The zero-order valence-corrected chi connectivity index (χ0v) is 7.33. The molecule has 12 heavy (non-hydrogen) atoms. The molecule has 64 valence electrons. The van der Waals surface area contributed by atoms with Crippen LogP contribution in [0.5, 0.6) is 0 Å². The number of hydrogen-bond acceptors (Lipinski definition) is 1. The van der Waals surface area contributed by atoms with E-state index in [1.807, 2.05) is 6.07 Å². The Balaban J connectivity index is 2.16. The van der Waals surface area contributed by atoms with Crippen LogP contribution < -0.4 is 0 Å². The van der Waals surface area contributed by atoms with Gasteiger partial charge in [-0.05, 0) is 23.3 Å². The lowest BCUT2D eigenvalue weighted by Crippen LogP contribution is -2.02. The van der Waals surface area contributed by atoms with Crippen LogP contribution >= 0.6 is 0 Å². The third-order valence-electron chi connectivity index (χ3n) is 2.91. The Bertz CT molecular complexity index is 268. The summed E-state index contributed by atoms with van der Waals surface area (Å²) in [6.07, 6.45) is 1.13. The fourth-order valence-corrected chi connectivity index (χ4v) is 1.79. The summed E-state index contributed by atoms with van der Waals surface area (Å²) in [4.78, 5) is 0. The van der Waals surface area contributed by atoms with E-state index < -0.39 is 0 Å². The van der Waals surface area contributed by atoms with Gasteiger partial charge in [0.05, 0.1) is 0 Å². The first-order chi connectivity index (χ1) is 5.76. The van der Waals surface area contributed by atoms with Gasteiger partial charge in [0.2, 0.25) is 0 Å². The minimum atomic E-state index is 0.168. The molecule has 0 bridgehead atoms. The summed E-state index contributed by atoms with van der Waals surface area (Å²) in [7, 11) is 0. The van der Waals surface area contributed by atoms with Crippen molar-refractivity contribution in [1.82, 2.24) is 0 Å². The molecular formula is C11H14O. The van der Waals surface area contributed by atoms with E-state index in [2.05, 4.69) is 31.2 Å². The van der Waals surface area contributed by atoms with E-state index in [1.54, 1.807) is 0 Å². The predicted molar refractivity (Wildman–Crippen MR) is 49.0 cm³/mol. The van der Waals surface area contributed by atoms with Crippen molar-refractivity contribution >= 4 is 0 Å². The van der Waals surface area contributed by atoms with Gasteiger partial charge >= 0.3 is 0 Å². The maximum Gasteiger partial charge on any atom is 0.0490 e. The number of rotatable bonds is 2. The van der Waals surface area contributed by atoms with Gasteiger partial charge in [0.25, 0.3) is 0 Å². The van der Waals surface area contributed by atoms with Crippen LogP contribution in [-0.2, 0) is 0 Å². The maximum atomic E-state index is 9.10. The van der Waals surface area contributed by atoms with E-state index in [4.69, 9.17) is 5.11 Å². The average Bonchev–Trinajstić information content (AvgIpc) is 2.81. The summed E-state index contributed by atoms with van der Waals surface area (Å²) in [6.45, 7) is 2.46. The van der Waals surface area contributed by atoms with Crippen LogP contribution in [0.3, 0.4) is 0 Å². The van der Waals surface area contributed by atoms with Crippen LogP contribution in [-0.4, -0.2) is 11.7 Å². The minimum Gasteiger partial charge on any atom is -0.396 e. The van der Waals surface area contributed by atoms with Crippen molar-refractivity contribution in [2.24, 2.45) is 5.41 Å².